The zero-order valence-electron chi connectivity index (χ0n) is 29.6. The largest absolute Gasteiger partial charge is 0.493 e. The number of aryl methyl sites for hydroxylation is 1. The summed E-state index contributed by atoms with van der Waals surface area (Å²) in [6, 6.07) is 10.8. The molecule has 0 saturated heterocycles. The number of fused-ring (bicyclic) bond motifs is 1. The maximum Gasteiger partial charge on any atom is 0.253 e. The van der Waals surface area contributed by atoms with Gasteiger partial charge in [0.25, 0.3) is 5.78 Å². The zero-order valence-corrected chi connectivity index (χ0v) is 29.6. The van der Waals surface area contributed by atoms with Crippen LogP contribution in [0.4, 0.5) is 5.82 Å². The van der Waals surface area contributed by atoms with Crippen molar-refractivity contribution in [1.82, 2.24) is 19.6 Å². The molecule has 0 unspecified atom stereocenters. The Morgan fingerprint density at radius 1 is 0.540 bits per heavy atom. The Labute approximate surface area is 289 Å². The van der Waals surface area contributed by atoms with E-state index >= 15 is 0 Å². The number of aromatic nitrogens is 4. The number of ether oxygens (including phenoxy) is 9. The molecule has 0 aliphatic rings. The molecular weight excluding hydrogens is 646 g/mol. The van der Waals surface area contributed by atoms with E-state index in [0.29, 0.717) is 91.5 Å². The number of rotatable bonds is 14. The van der Waals surface area contributed by atoms with E-state index < -0.39 is 0 Å². The fraction of sp³-hybridized carbons (Fsp3) is 0.278. The molecule has 2 heterocycles. The number of methoxy groups -OCH3 is 9. The lowest BCUT2D eigenvalue weighted by molar-refractivity contribution is 0.324. The van der Waals surface area contributed by atoms with Crippen LogP contribution in [0.15, 0.2) is 41.4 Å². The molecular formula is C36H39N5O9. The SMILES string of the molecule is COc1cc(C=Nc2c(-c3cc(OC)c(OC)c(OC)c3)nc3nc(/C=C/c4cc(OC)c(OC)c(OC)c4)c(C)nn23)cc(OC)c1OC. The molecule has 0 radical (unpaired) electrons. The van der Waals surface area contributed by atoms with E-state index in [4.69, 9.17) is 62.7 Å². The molecule has 5 rings (SSSR count). The van der Waals surface area contributed by atoms with Crippen LogP contribution >= 0.6 is 0 Å². The third-order valence-corrected chi connectivity index (χ3v) is 7.74. The van der Waals surface area contributed by atoms with Crippen LogP contribution in [-0.2, 0) is 0 Å². The minimum Gasteiger partial charge on any atom is -0.493 e. The van der Waals surface area contributed by atoms with Crippen molar-refractivity contribution in [3.8, 4) is 63.0 Å². The quantitative estimate of drug-likeness (QED) is 0.125. The monoisotopic (exact) mass is 685 g/mol. The first-order chi connectivity index (χ1) is 24.3. The number of benzene rings is 3. The van der Waals surface area contributed by atoms with E-state index in [1.807, 2.05) is 31.2 Å². The van der Waals surface area contributed by atoms with Gasteiger partial charge in [0.2, 0.25) is 17.2 Å². The molecule has 0 aliphatic heterocycles. The van der Waals surface area contributed by atoms with Crippen LogP contribution < -0.4 is 42.6 Å². The number of nitrogens with zero attached hydrogens (tertiary/aromatic N) is 5. The molecule has 5 aromatic rings. The first-order valence-electron chi connectivity index (χ1n) is 15.2. The van der Waals surface area contributed by atoms with E-state index in [1.54, 1.807) is 99.0 Å². The summed E-state index contributed by atoms with van der Waals surface area (Å²) in [5.74, 6) is 5.04. The molecule has 14 heteroatoms. The highest BCUT2D eigenvalue weighted by molar-refractivity contribution is 5.87. The molecule has 0 spiro atoms. The number of imidazole rings is 1. The highest BCUT2D eigenvalue weighted by Crippen LogP contribution is 2.44. The summed E-state index contributed by atoms with van der Waals surface area (Å²) in [4.78, 5) is 14.6. The van der Waals surface area contributed by atoms with E-state index in [0.717, 1.165) is 5.56 Å². The standard InChI is InChI=1S/C36H39N5O9/c1-20-24(12-11-21-13-25(42-2)32(48-8)26(14-21)43-3)38-36-39-31(23-17-29(46-6)34(50-10)30(18-23)47-7)35(41(36)40-20)37-19-22-15-27(44-4)33(49-9)28(16-22)45-5/h11-19H,1-10H3/b12-11+,37-19?. The average molecular weight is 686 g/mol. The second kappa shape index (κ2) is 15.4. The van der Waals surface area contributed by atoms with Gasteiger partial charge in [0.1, 0.15) is 5.69 Å². The Bertz CT molecular complexity index is 2000. The maximum absolute atomic E-state index is 5.63. The second-order valence-electron chi connectivity index (χ2n) is 10.5. The van der Waals surface area contributed by atoms with Gasteiger partial charge in [0.05, 0.1) is 75.4 Å². The normalized spacial score (nSPS) is 11.2. The summed E-state index contributed by atoms with van der Waals surface area (Å²) in [6.45, 7) is 1.85. The summed E-state index contributed by atoms with van der Waals surface area (Å²) < 4.78 is 51.4. The van der Waals surface area contributed by atoms with Crippen molar-refractivity contribution in [2.75, 3.05) is 64.0 Å². The summed E-state index contributed by atoms with van der Waals surface area (Å²) in [5.41, 5.74) is 3.80. The molecule has 262 valence electrons. The summed E-state index contributed by atoms with van der Waals surface area (Å²) in [6.07, 6.45) is 5.38. The predicted molar refractivity (Wildman–Crippen MR) is 189 cm³/mol. The van der Waals surface area contributed by atoms with Gasteiger partial charge in [-0.05, 0) is 55.0 Å². The lowest BCUT2D eigenvalue weighted by atomic mass is 10.1. The van der Waals surface area contributed by atoms with Crippen molar-refractivity contribution < 1.29 is 42.6 Å². The number of aliphatic imine (C=N–C) groups is 1. The zero-order chi connectivity index (χ0) is 35.9. The molecule has 0 fully saturated rings. The summed E-state index contributed by atoms with van der Waals surface area (Å²) in [5, 5.41) is 4.86. The molecule has 50 heavy (non-hydrogen) atoms. The minimum absolute atomic E-state index is 0.306. The van der Waals surface area contributed by atoms with Gasteiger partial charge in [-0.25, -0.2) is 15.0 Å². The minimum atomic E-state index is 0.306. The average Bonchev–Trinajstić information content (AvgIpc) is 3.50. The Balaban J connectivity index is 1.69. The van der Waals surface area contributed by atoms with Crippen LogP contribution in [0.25, 0.3) is 29.2 Å². The van der Waals surface area contributed by atoms with Crippen LogP contribution in [0.2, 0.25) is 0 Å². The van der Waals surface area contributed by atoms with Crippen molar-refractivity contribution in [2.24, 2.45) is 4.99 Å². The van der Waals surface area contributed by atoms with Gasteiger partial charge in [0.15, 0.2) is 40.3 Å². The van der Waals surface area contributed by atoms with Gasteiger partial charge >= 0.3 is 0 Å². The highest BCUT2D eigenvalue weighted by atomic mass is 16.5. The smallest absolute Gasteiger partial charge is 0.253 e. The first-order valence-corrected chi connectivity index (χ1v) is 15.2. The van der Waals surface area contributed by atoms with Crippen molar-refractivity contribution >= 4 is 30.0 Å². The van der Waals surface area contributed by atoms with Crippen molar-refractivity contribution in [1.29, 1.82) is 0 Å². The third-order valence-electron chi connectivity index (χ3n) is 7.74. The van der Waals surface area contributed by atoms with E-state index in [9.17, 15) is 0 Å². The Morgan fingerprint density at radius 3 is 1.42 bits per heavy atom. The molecule has 0 aliphatic carbocycles. The lowest BCUT2D eigenvalue weighted by Crippen LogP contribution is -2.01. The molecule has 0 amide bonds. The summed E-state index contributed by atoms with van der Waals surface area (Å²) >= 11 is 0. The summed E-state index contributed by atoms with van der Waals surface area (Å²) in [7, 11) is 14.0. The molecule has 3 aromatic carbocycles. The van der Waals surface area contributed by atoms with E-state index in [-0.39, 0.29) is 0 Å². The lowest BCUT2D eigenvalue weighted by Gasteiger charge is -2.13. The van der Waals surface area contributed by atoms with Gasteiger partial charge in [-0.1, -0.05) is 6.08 Å². The van der Waals surface area contributed by atoms with Gasteiger partial charge in [-0.3, -0.25) is 0 Å². The van der Waals surface area contributed by atoms with Gasteiger partial charge in [0, 0.05) is 17.3 Å². The molecule has 0 saturated carbocycles. The van der Waals surface area contributed by atoms with Crippen LogP contribution in [0, 0.1) is 6.92 Å². The van der Waals surface area contributed by atoms with Crippen LogP contribution in [0.1, 0.15) is 22.5 Å². The van der Waals surface area contributed by atoms with Crippen molar-refractivity contribution in [3.63, 3.8) is 0 Å². The number of hydrogen-bond donors (Lipinski definition) is 0. The Hall–Kier alpha value is -6.18. The van der Waals surface area contributed by atoms with Crippen LogP contribution in [0.3, 0.4) is 0 Å². The third kappa shape index (κ3) is 6.72. The first kappa shape index (κ1) is 35.1. The van der Waals surface area contributed by atoms with Crippen LogP contribution in [0.5, 0.6) is 51.7 Å². The molecule has 0 N–H and O–H groups in total. The molecule has 14 nitrogen and oxygen atoms in total. The van der Waals surface area contributed by atoms with Crippen molar-refractivity contribution in [3.05, 3.63) is 58.9 Å². The number of hydrogen-bond acceptors (Lipinski definition) is 13. The fourth-order valence-electron chi connectivity index (χ4n) is 5.32. The van der Waals surface area contributed by atoms with Crippen LogP contribution in [-0.4, -0.2) is 89.8 Å². The maximum atomic E-state index is 5.63. The second-order valence-corrected chi connectivity index (χ2v) is 10.5. The van der Waals surface area contributed by atoms with Gasteiger partial charge < -0.3 is 42.6 Å². The topological polar surface area (TPSA) is 139 Å². The van der Waals surface area contributed by atoms with Crippen molar-refractivity contribution in [2.45, 2.75) is 6.92 Å². The van der Waals surface area contributed by atoms with E-state index in [2.05, 4.69) is 0 Å². The molecule has 2 aromatic heterocycles. The fourth-order valence-corrected chi connectivity index (χ4v) is 5.32. The molecule has 0 bridgehead atoms. The highest BCUT2D eigenvalue weighted by Gasteiger charge is 2.22. The van der Waals surface area contributed by atoms with Gasteiger partial charge in [-0.2, -0.15) is 9.61 Å². The Kier molecular flexibility index (Phi) is 10.8. The van der Waals surface area contributed by atoms with Gasteiger partial charge in [-0.15, -0.1) is 0 Å². The Morgan fingerprint density at radius 2 is 0.980 bits per heavy atom. The van der Waals surface area contributed by atoms with E-state index in [1.165, 1.54) is 0 Å². The molecule has 0 atom stereocenters. The predicted octanol–water partition coefficient (Wildman–Crippen LogP) is 6.10.